The minimum atomic E-state index is -3.23. The number of rotatable bonds is 7. The van der Waals surface area contributed by atoms with Gasteiger partial charge in [-0.2, -0.15) is 4.98 Å². The first-order valence-electron chi connectivity index (χ1n) is 9.73. The minimum absolute atomic E-state index is 0.0618. The predicted octanol–water partition coefficient (Wildman–Crippen LogP) is 3.85. The van der Waals surface area contributed by atoms with Crippen LogP contribution in [0.15, 0.2) is 22.7 Å². The number of aryl methyl sites for hydroxylation is 1. The van der Waals surface area contributed by atoms with Gasteiger partial charge in [-0.1, -0.05) is 44.0 Å². The third kappa shape index (κ3) is 4.60. The van der Waals surface area contributed by atoms with Crippen molar-refractivity contribution in [3.63, 3.8) is 0 Å². The van der Waals surface area contributed by atoms with Crippen molar-refractivity contribution in [1.82, 2.24) is 10.1 Å². The molecule has 0 saturated heterocycles. The number of anilines is 1. The van der Waals surface area contributed by atoms with E-state index in [-0.39, 0.29) is 29.2 Å². The van der Waals surface area contributed by atoms with E-state index >= 15 is 0 Å². The zero-order valence-corrected chi connectivity index (χ0v) is 17.4. The fraction of sp³-hybridized carbons (Fsp3) is 0.550. The normalized spacial score (nSPS) is 15.3. The zero-order valence-electron chi connectivity index (χ0n) is 16.6. The molecule has 0 unspecified atom stereocenters. The molecule has 7 nitrogen and oxygen atoms in total. The van der Waals surface area contributed by atoms with Crippen LogP contribution in [-0.4, -0.2) is 35.5 Å². The van der Waals surface area contributed by atoms with Crippen molar-refractivity contribution in [3.05, 3.63) is 29.6 Å². The zero-order chi connectivity index (χ0) is 20.3. The van der Waals surface area contributed by atoms with Gasteiger partial charge in [-0.05, 0) is 31.4 Å². The SMILES string of the molecule is Cc1cccc(-c2nc(C(C)C)no2)c1NC(=O)CCS(=O)(=O)C1CCCC1. The molecule has 0 aliphatic heterocycles. The number of benzene rings is 1. The van der Waals surface area contributed by atoms with Crippen molar-refractivity contribution >= 4 is 21.4 Å². The van der Waals surface area contributed by atoms with Crippen molar-refractivity contribution in [2.24, 2.45) is 0 Å². The number of nitrogens with one attached hydrogen (secondary N) is 1. The standard InChI is InChI=1S/C20H27N3O4S/c1-13(2)19-22-20(27-23-19)16-10-6-7-14(3)18(16)21-17(24)11-12-28(25,26)15-8-4-5-9-15/h6-7,10,13,15H,4-5,8-9,11-12H2,1-3H3,(H,21,24). The Morgan fingerprint density at radius 3 is 2.64 bits per heavy atom. The molecule has 0 atom stereocenters. The smallest absolute Gasteiger partial charge is 0.260 e. The monoisotopic (exact) mass is 405 g/mol. The van der Waals surface area contributed by atoms with Gasteiger partial charge in [0.15, 0.2) is 15.7 Å². The van der Waals surface area contributed by atoms with Gasteiger partial charge in [0, 0.05) is 12.3 Å². The maximum absolute atomic E-state index is 12.5. The maximum Gasteiger partial charge on any atom is 0.260 e. The van der Waals surface area contributed by atoms with Crippen molar-refractivity contribution in [2.75, 3.05) is 11.1 Å². The summed E-state index contributed by atoms with van der Waals surface area (Å²) in [5.74, 6) is 0.600. The summed E-state index contributed by atoms with van der Waals surface area (Å²) >= 11 is 0. The van der Waals surface area contributed by atoms with E-state index in [4.69, 9.17) is 4.52 Å². The van der Waals surface area contributed by atoms with E-state index in [1.807, 2.05) is 32.9 Å². The Hall–Kier alpha value is -2.22. The summed E-state index contributed by atoms with van der Waals surface area (Å²) in [6, 6.07) is 5.52. The van der Waals surface area contributed by atoms with Crippen LogP contribution < -0.4 is 5.32 Å². The lowest BCUT2D eigenvalue weighted by Crippen LogP contribution is -2.24. The number of amides is 1. The molecule has 0 spiro atoms. The molecule has 1 N–H and O–H groups in total. The van der Waals surface area contributed by atoms with Crippen molar-refractivity contribution in [2.45, 2.75) is 64.0 Å². The number of carbonyl (C=O) groups is 1. The van der Waals surface area contributed by atoms with Gasteiger partial charge in [-0.25, -0.2) is 8.42 Å². The van der Waals surface area contributed by atoms with Crippen LogP contribution in [0.4, 0.5) is 5.69 Å². The minimum Gasteiger partial charge on any atom is -0.334 e. The summed E-state index contributed by atoms with van der Waals surface area (Å²) in [6.45, 7) is 5.81. The van der Waals surface area contributed by atoms with E-state index in [1.165, 1.54) is 0 Å². The molecule has 8 heteroatoms. The lowest BCUT2D eigenvalue weighted by molar-refractivity contribution is -0.115. The summed E-state index contributed by atoms with van der Waals surface area (Å²) < 4.78 is 30.2. The highest BCUT2D eigenvalue weighted by molar-refractivity contribution is 7.92. The highest BCUT2D eigenvalue weighted by Crippen LogP contribution is 2.31. The third-order valence-electron chi connectivity index (χ3n) is 5.15. The molecule has 0 bridgehead atoms. The van der Waals surface area contributed by atoms with Gasteiger partial charge in [0.2, 0.25) is 5.91 Å². The Kier molecular flexibility index (Phi) is 6.17. The van der Waals surface area contributed by atoms with Gasteiger partial charge in [0.1, 0.15) is 0 Å². The Labute approximate surface area is 165 Å². The number of nitrogens with zero attached hydrogens (tertiary/aromatic N) is 2. The predicted molar refractivity (Wildman–Crippen MR) is 108 cm³/mol. The molecule has 1 aromatic carbocycles. The van der Waals surface area contributed by atoms with Crippen LogP contribution in [0.1, 0.15) is 63.3 Å². The fourth-order valence-electron chi connectivity index (χ4n) is 3.44. The summed E-state index contributed by atoms with van der Waals surface area (Å²) in [5.41, 5.74) is 2.05. The van der Waals surface area contributed by atoms with Crippen LogP contribution in [0, 0.1) is 6.92 Å². The summed E-state index contributed by atoms with van der Waals surface area (Å²) in [5, 5.41) is 6.53. The maximum atomic E-state index is 12.5. The lowest BCUT2D eigenvalue weighted by atomic mass is 10.1. The second kappa shape index (κ2) is 8.43. The summed E-state index contributed by atoms with van der Waals surface area (Å²) in [7, 11) is -3.23. The molecule has 1 aromatic heterocycles. The average molecular weight is 406 g/mol. The van der Waals surface area contributed by atoms with Crippen LogP contribution in [0.2, 0.25) is 0 Å². The quantitative estimate of drug-likeness (QED) is 0.750. The first kappa shape index (κ1) is 20.5. The molecule has 1 fully saturated rings. The molecule has 0 radical (unpaired) electrons. The van der Waals surface area contributed by atoms with Gasteiger partial charge in [0.05, 0.1) is 22.3 Å². The number of hydrogen-bond donors (Lipinski definition) is 1. The Balaban J connectivity index is 1.73. The average Bonchev–Trinajstić information content (AvgIpc) is 3.34. The topological polar surface area (TPSA) is 102 Å². The van der Waals surface area contributed by atoms with E-state index in [0.717, 1.165) is 18.4 Å². The number of carbonyl (C=O) groups excluding carboxylic acids is 1. The highest BCUT2D eigenvalue weighted by Gasteiger charge is 2.29. The van der Waals surface area contributed by atoms with E-state index in [2.05, 4.69) is 15.5 Å². The number of para-hydroxylation sites is 1. The van der Waals surface area contributed by atoms with Crippen LogP contribution in [0.3, 0.4) is 0 Å². The number of aromatic nitrogens is 2. The molecule has 1 amide bonds. The highest BCUT2D eigenvalue weighted by atomic mass is 32.2. The molecule has 1 saturated carbocycles. The van der Waals surface area contributed by atoms with Gasteiger partial charge < -0.3 is 9.84 Å². The van der Waals surface area contributed by atoms with Crippen molar-refractivity contribution in [3.8, 4) is 11.5 Å². The van der Waals surface area contributed by atoms with E-state index < -0.39 is 9.84 Å². The van der Waals surface area contributed by atoms with Crippen molar-refractivity contribution in [1.29, 1.82) is 0 Å². The van der Waals surface area contributed by atoms with E-state index in [0.29, 0.717) is 35.8 Å². The van der Waals surface area contributed by atoms with Crippen LogP contribution in [-0.2, 0) is 14.6 Å². The molecular formula is C20H27N3O4S. The van der Waals surface area contributed by atoms with Crippen LogP contribution in [0.5, 0.6) is 0 Å². The Morgan fingerprint density at radius 2 is 2.00 bits per heavy atom. The molecule has 1 aliphatic rings. The van der Waals surface area contributed by atoms with E-state index in [9.17, 15) is 13.2 Å². The second-order valence-corrected chi connectivity index (χ2v) is 10.1. The fourth-order valence-corrected chi connectivity index (χ4v) is 5.30. The van der Waals surface area contributed by atoms with Gasteiger partial charge in [-0.3, -0.25) is 4.79 Å². The lowest BCUT2D eigenvalue weighted by Gasteiger charge is -2.13. The summed E-state index contributed by atoms with van der Waals surface area (Å²) in [6.07, 6.45) is 3.26. The molecule has 3 rings (SSSR count). The van der Waals surface area contributed by atoms with E-state index in [1.54, 1.807) is 6.07 Å². The molecule has 1 heterocycles. The Morgan fingerprint density at radius 1 is 1.29 bits per heavy atom. The molecular weight excluding hydrogens is 378 g/mol. The molecule has 2 aromatic rings. The Bertz CT molecular complexity index is 944. The molecule has 28 heavy (non-hydrogen) atoms. The largest absolute Gasteiger partial charge is 0.334 e. The number of hydrogen-bond acceptors (Lipinski definition) is 6. The second-order valence-electron chi connectivity index (χ2n) is 7.68. The third-order valence-corrected chi connectivity index (χ3v) is 7.41. The summed E-state index contributed by atoms with van der Waals surface area (Å²) in [4.78, 5) is 16.9. The molecule has 1 aliphatic carbocycles. The van der Waals surface area contributed by atoms with Crippen LogP contribution in [0.25, 0.3) is 11.5 Å². The number of sulfone groups is 1. The van der Waals surface area contributed by atoms with Gasteiger partial charge in [0.25, 0.3) is 5.89 Å². The van der Waals surface area contributed by atoms with Gasteiger partial charge in [-0.15, -0.1) is 0 Å². The first-order chi connectivity index (χ1) is 13.3. The van der Waals surface area contributed by atoms with Crippen LogP contribution >= 0.6 is 0 Å². The van der Waals surface area contributed by atoms with Gasteiger partial charge >= 0.3 is 0 Å². The first-order valence-corrected chi connectivity index (χ1v) is 11.4. The van der Waals surface area contributed by atoms with Crippen molar-refractivity contribution < 1.29 is 17.7 Å². The molecule has 152 valence electrons.